The highest BCUT2D eigenvalue weighted by Crippen LogP contribution is 2.40. The molecule has 6 rings (SSSR count). The van der Waals surface area contributed by atoms with Crippen molar-refractivity contribution in [1.29, 1.82) is 0 Å². The van der Waals surface area contributed by atoms with Crippen LogP contribution in [0.4, 0.5) is 11.5 Å². The average Bonchev–Trinajstić information content (AvgIpc) is 3.53. The molecule has 1 fully saturated rings. The van der Waals surface area contributed by atoms with Crippen molar-refractivity contribution >= 4 is 47.1 Å². The molecule has 0 bridgehead atoms. The van der Waals surface area contributed by atoms with Gasteiger partial charge in [0.1, 0.15) is 30.0 Å². The molecule has 1 unspecified atom stereocenters. The summed E-state index contributed by atoms with van der Waals surface area (Å²) in [5.41, 5.74) is 4.85. The third-order valence-corrected chi connectivity index (χ3v) is 12.3. The van der Waals surface area contributed by atoms with Crippen LogP contribution in [0.25, 0.3) is 0 Å². The summed E-state index contributed by atoms with van der Waals surface area (Å²) in [7, 11) is 0. The summed E-state index contributed by atoms with van der Waals surface area (Å²) >= 11 is 1.52. The van der Waals surface area contributed by atoms with Crippen LogP contribution < -0.4 is 24.8 Å². The Labute approximate surface area is 370 Å². The topological polar surface area (TPSA) is 148 Å². The van der Waals surface area contributed by atoms with Crippen LogP contribution in [-0.4, -0.2) is 72.2 Å². The van der Waals surface area contributed by atoms with Crippen LogP contribution in [0.2, 0.25) is 0 Å². The number of piperidine rings is 1. The molecule has 2 aliphatic rings. The molecule has 13 heteroatoms. The number of rotatable bonds is 26. The van der Waals surface area contributed by atoms with E-state index in [-0.39, 0.29) is 29.4 Å². The second-order valence-electron chi connectivity index (χ2n) is 15.9. The van der Waals surface area contributed by atoms with Gasteiger partial charge in [0.2, 0.25) is 11.8 Å². The quantitative estimate of drug-likeness (QED) is 0.0315. The summed E-state index contributed by atoms with van der Waals surface area (Å²) in [5, 5.41) is 5.54. The van der Waals surface area contributed by atoms with Crippen molar-refractivity contribution in [2.45, 2.75) is 109 Å². The lowest BCUT2D eigenvalue weighted by molar-refractivity contribution is -0.136. The first-order chi connectivity index (χ1) is 30.3. The minimum Gasteiger partial charge on any atom is -0.494 e. The molecule has 3 heterocycles. The van der Waals surface area contributed by atoms with E-state index in [9.17, 15) is 19.2 Å². The number of carbonyl (C=O) groups is 4. The number of aromatic nitrogens is 1. The molecule has 62 heavy (non-hydrogen) atoms. The summed E-state index contributed by atoms with van der Waals surface area (Å²) in [6.07, 6.45) is 14.6. The number of nitrogens with zero attached hydrogens (tertiary/aromatic N) is 2. The van der Waals surface area contributed by atoms with Gasteiger partial charge in [0.15, 0.2) is 0 Å². The van der Waals surface area contributed by atoms with Crippen molar-refractivity contribution < 1.29 is 33.4 Å². The fourth-order valence-corrected chi connectivity index (χ4v) is 8.63. The van der Waals surface area contributed by atoms with E-state index in [4.69, 9.17) is 14.2 Å². The molecule has 12 nitrogen and oxygen atoms in total. The predicted molar refractivity (Wildman–Crippen MR) is 245 cm³/mol. The number of ether oxygens (including phenoxy) is 3. The molecule has 0 saturated carbocycles. The maximum Gasteiger partial charge on any atom is 0.262 e. The highest BCUT2D eigenvalue weighted by molar-refractivity contribution is 7.99. The number of carbonyl (C=O) groups excluding carboxylic acids is 4. The third kappa shape index (κ3) is 11.9. The SMILES string of the molecule is CCC(CC)(c1ccc(OCCCCCCCCOCCCCNc2ccc3c(c2)C(=O)N(C2CCC(=O)NC2=O)C3=O)cc1)c1ccc(OCc2ccnc(NSC)c2)cc1. The van der Waals surface area contributed by atoms with Crippen LogP contribution >= 0.6 is 11.9 Å². The van der Waals surface area contributed by atoms with Gasteiger partial charge in [0.25, 0.3) is 11.8 Å². The lowest BCUT2D eigenvalue weighted by atomic mass is 9.70. The standard InChI is InChI=1S/C49H61N5O7S/c1-4-49(5-2,37-16-21-40(22-17-37)61-34-35-26-28-51-44(32-35)53-62-3)36-14-19-39(20-15-36)60-31-12-9-7-6-8-11-29-59-30-13-10-27-50-38-18-23-41-42(33-38)48(58)54(47(41)57)43-24-25-45(55)52-46(43)56/h14-23,26,28,32-33,43,50H,4-13,24-25,27,29-31,34H2,1-3H3,(H,51,53)(H,52,55,56). The van der Waals surface area contributed by atoms with Gasteiger partial charge >= 0.3 is 0 Å². The minimum atomic E-state index is -0.965. The van der Waals surface area contributed by atoms with Gasteiger partial charge in [-0.3, -0.25) is 29.4 Å². The zero-order valence-corrected chi connectivity index (χ0v) is 37.2. The van der Waals surface area contributed by atoms with Crippen molar-refractivity contribution in [2.24, 2.45) is 0 Å². The lowest BCUT2D eigenvalue weighted by Crippen LogP contribution is -2.54. The molecule has 3 N–H and O–H groups in total. The molecular weight excluding hydrogens is 803 g/mol. The minimum absolute atomic E-state index is 0.0863. The molecule has 1 saturated heterocycles. The Morgan fingerprint density at radius 1 is 0.742 bits per heavy atom. The first-order valence-corrected chi connectivity index (χ1v) is 23.4. The van der Waals surface area contributed by atoms with Crippen LogP contribution in [0.3, 0.4) is 0 Å². The monoisotopic (exact) mass is 863 g/mol. The molecular formula is C49H61N5O7S. The lowest BCUT2D eigenvalue weighted by Gasteiger charge is -2.33. The van der Waals surface area contributed by atoms with Crippen molar-refractivity contribution in [3.8, 4) is 11.5 Å². The van der Waals surface area contributed by atoms with Crippen molar-refractivity contribution in [2.75, 3.05) is 42.7 Å². The van der Waals surface area contributed by atoms with Crippen LogP contribution in [-0.2, 0) is 26.3 Å². The number of pyridine rings is 1. The van der Waals surface area contributed by atoms with E-state index in [1.54, 1.807) is 24.4 Å². The van der Waals surface area contributed by atoms with E-state index in [1.165, 1.54) is 35.9 Å². The zero-order chi connectivity index (χ0) is 43.7. The predicted octanol–water partition coefficient (Wildman–Crippen LogP) is 9.49. The van der Waals surface area contributed by atoms with Gasteiger partial charge in [-0.05, 0) is 116 Å². The smallest absolute Gasteiger partial charge is 0.262 e. The number of benzene rings is 3. The van der Waals surface area contributed by atoms with Crippen LogP contribution in [0, 0.1) is 0 Å². The molecule has 330 valence electrons. The summed E-state index contributed by atoms with van der Waals surface area (Å²) in [4.78, 5) is 55.1. The normalized spacial score (nSPS) is 15.1. The fourth-order valence-electron chi connectivity index (χ4n) is 8.31. The Kier molecular flexibility index (Phi) is 17.2. The number of amides is 4. The Morgan fingerprint density at radius 2 is 1.37 bits per heavy atom. The van der Waals surface area contributed by atoms with Crippen molar-refractivity contribution in [3.63, 3.8) is 0 Å². The van der Waals surface area contributed by atoms with Crippen molar-refractivity contribution in [1.82, 2.24) is 15.2 Å². The Morgan fingerprint density at radius 3 is 2.03 bits per heavy atom. The van der Waals surface area contributed by atoms with Gasteiger partial charge in [-0.15, -0.1) is 0 Å². The van der Waals surface area contributed by atoms with Gasteiger partial charge in [0.05, 0.1) is 17.7 Å². The molecule has 4 amide bonds. The number of nitrogens with one attached hydrogen (secondary N) is 3. The second kappa shape index (κ2) is 23.2. The first-order valence-electron chi connectivity index (χ1n) is 22.1. The molecule has 1 atom stereocenters. The van der Waals surface area contributed by atoms with Gasteiger partial charge in [0, 0.05) is 49.7 Å². The average molecular weight is 864 g/mol. The zero-order valence-electron chi connectivity index (χ0n) is 36.3. The molecule has 2 aliphatic heterocycles. The third-order valence-electron chi connectivity index (χ3n) is 11.9. The maximum atomic E-state index is 13.1. The van der Waals surface area contributed by atoms with E-state index in [0.717, 1.165) is 91.4 Å². The molecule has 3 aromatic carbocycles. The number of hydrogen-bond donors (Lipinski definition) is 3. The summed E-state index contributed by atoms with van der Waals surface area (Å²) in [5.74, 6) is 0.582. The first kappa shape index (κ1) is 46.1. The van der Waals surface area contributed by atoms with Crippen LogP contribution in [0.5, 0.6) is 11.5 Å². The van der Waals surface area contributed by atoms with Gasteiger partial charge < -0.3 is 24.2 Å². The summed E-state index contributed by atoms with van der Waals surface area (Å²) < 4.78 is 21.3. The van der Waals surface area contributed by atoms with Crippen LogP contribution in [0.1, 0.15) is 128 Å². The Hall–Kier alpha value is -5.40. The Bertz CT molecular complexity index is 2110. The van der Waals surface area contributed by atoms with E-state index < -0.39 is 29.7 Å². The molecule has 0 spiro atoms. The molecule has 4 aromatic rings. The fraction of sp³-hybridized carbons (Fsp3) is 0.449. The molecule has 0 radical (unpaired) electrons. The number of fused-ring (bicyclic) bond motifs is 1. The Balaban J connectivity index is 0.793. The maximum absolute atomic E-state index is 13.1. The van der Waals surface area contributed by atoms with Gasteiger partial charge in [-0.1, -0.05) is 75.7 Å². The van der Waals surface area contributed by atoms with E-state index in [2.05, 4.69) is 82.7 Å². The second-order valence-corrected chi connectivity index (χ2v) is 16.5. The van der Waals surface area contributed by atoms with Crippen molar-refractivity contribution in [3.05, 3.63) is 113 Å². The van der Waals surface area contributed by atoms with E-state index in [1.807, 2.05) is 18.4 Å². The highest BCUT2D eigenvalue weighted by Gasteiger charge is 2.44. The van der Waals surface area contributed by atoms with Gasteiger partial charge in [-0.2, -0.15) is 0 Å². The molecule has 1 aromatic heterocycles. The molecule has 0 aliphatic carbocycles. The summed E-state index contributed by atoms with van der Waals surface area (Å²) in [6.45, 7) is 7.88. The highest BCUT2D eigenvalue weighted by atomic mass is 32.2. The number of anilines is 2. The number of unbranched alkanes of at least 4 members (excludes halogenated alkanes) is 6. The summed E-state index contributed by atoms with van der Waals surface area (Å²) in [6, 6.07) is 25.3. The largest absolute Gasteiger partial charge is 0.494 e. The number of hydrogen-bond acceptors (Lipinski definition) is 11. The number of imide groups is 2. The van der Waals surface area contributed by atoms with E-state index >= 15 is 0 Å². The van der Waals surface area contributed by atoms with Gasteiger partial charge in [-0.25, -0.2) is 4.98 Å². The van der Waals surface area contributed by atoms with Crippen LogP contribution in [0.15, 0.2) is 85.1 Å². The van der Waals surface area contributed by atoms with E-state index in [0.29, 0.717) is 26.4 Å².